The lowest BCUT2D eigenvalue weighted by molar-refractivity contribution is 0.414. The summed E-state index contributed by atoms with van der Waals surface area (Å²) < 4.78 is 52.0. The lowest BCUT2D eigenvalue weighted by atomic mass is 9.78. The van der Waals surface area contributed by atoms with Crippen molar-refractivity contribution in [3.05, 3.63) is 162 Å². The maximum absolute atomic E-state index is 13.9. The zero-order chi connectivity index (χ0) is 37.8. The molecule has 0 N–H and O–H groups in total. The van der Waals surface area contributed by atoms with Crippen LogP contribution in [0.5, 0.6) is 17.2 Å². The second-order valence-electron chi connectivity index (χ2n) is 13.8. The summed E-state index contributed by atoms with van der Waals surface area (Å²) in [5.74, 6) is 2.47. The van der Waals surface area contributed by atoms with E-state index in [0.29, 0.717) is 10.6 Å². The van der Waals surface area contributed by atoms with Gasteiger partial charge < -0.3 is 9.47 Å². The van der Waals surface area contributed by atoms with E-state index >= 15 is 0 Å². The molecule has 0 amide bonds. The fourth-order valence-corrected chi connectivity index (χ4v) is 9.01. The number of methoxy groups -OCH3 is 1. The van der Waals surface area contributed by atoms with Gasteiger partial charge in [-0.3, -0.25) is 0 Å². The average molecular weight is 743 g/mol. The largest absolute Gasteiger partial charge is 0.497 e. The highest BCUT2D eigenvalue weighted by Gasteiger charge is 2.24. The van der Waals surface area contributed by atoms with Crippen molar-refractivity contribution in [3.63, 3.8) is 0 Å². The fraction of sp³-hybridized carbons (Fsp3) is 0.217. The zero-order valence-corrected chi connectivity index (χ0v) is 32.8. The number of aryl methyl sites for hydroxylation is 1. The molecule has 0 aliphatic carbocycles. The number of ether oxygens (including phenoxy) is 2. The minimum Gasteiger partial charge on any atom is -0.497 e. The van der Waals surface area contributed by atoms with Gasteiger partial charge in [-0.05, 0) is 138 Å². The smallest absolute Gasteiger partial charge is 0.206 e. The van der Waals surface area contributed by atoms with E-state index in [2.05, 4.69) is 58.0 Å². The maximum Gasteiger partial charge on any atom is 0.206 e. The van der Waals surface area contributed by atoms with Gasteiger partial charge in [-0.25, -0.2) is 12.6 Å². The van der Waals surface area contributed by atoms with Gasteiger partial charge in [0.1, 0.15) is 17.2 Å². The van der Waals surface area contributed by atoms with E-state index in [-0.39, 0.29) is 21.1 Å². The first kappa shape index (κ1) is 37.8. The molecule has 0 fully saturated rings. The third-order valence-electron chi connectivity index (χ3n) is 10.1. The first-order valence-corrected chi connectivity index (χ1v) is 20.6. The summed E-state index contributed by atoms with van der Waals surface area (Å²) in [5.41, 5.74) is 6.21. The molecule has 1 atom stereocenters. The maximum atomic E-state index is 13.9. The molecule has 272 valence electrons. The minimum atomic E-state index is -3.63. The Hall–Kier alpha value is -4.98. The number of hydrogen-bond acceptors (Lipinski definition) is 5. The minimum absolute atomic E-state index is 0.196. The molecule has 0 heterocycles. The summed E-state index contributed by atoms with van der Waals surface area (Å²) >= 11 is 0. The van der Waals surface area contributed by atoms with Gasteiger partial charge in [-0.1, -0.05) is 87.9 Å². The van der Waals surface area contributed by atoms with E-state index in [1.54, 1.807) is 31.4 Å². The van der Waals surface area contributed by atoms with Gasteiger partial charge >= 0.3 is 0 Å². The Morgan fingerprint density at radius 2 is 1.09 bits per heavy atom. The molecule has 0 saturated carbocycles. The van der Waals surface area contributed by atoms with Crippen molar-refractivity contribution in [3.8, 4) is 28.4 Å². The van der Waals surface area contributed by atoms with Crippen molar-refractivity contribution in [2.75, 3.05) is 7.11 Å². The zero-order valence-electron chi connectivity index (χ0n) is 31.1. The van der Waals surface area contributed by atoms with Crippen LogP contribution in [0.4, 0.5) is 0 Å². The van der Waals surface area contributed by atoms with Crippen LogP contribution in [0, 0.1) is 6.92 Å². The van der Waals surface area contributed by atoms with Gasteiger partial charge in [0, 0.05) is 15.2 Å². The number of sulfone groups is 1. The van der Waals surface area contributed by atoms with Crippen molar-refractivity contribution in [2.24, 2.45) is 0 Å². The van der Waals surface area contributed by atoms with Crippen LogP contribution in [0.1, 0.15) is 68.7 Å². The van der Waals surface area contributed by atoms with Crippen molar-refractivity contribution in [1.82, 2.24) is 0 Å². The molecule has 0 bridgehead atoms. The van der Waals surface area contributed by atoms with E-state index in [9.17, 15) is 12.6 Å². The Morgan fingerprint density at radius 1 is 0.623 bits per heavy atom. The Balaban J connectivity index is 1.19. The molecule has 1 unspecified atom stereocenters. The fourth-order valence-electron chi connectivity index (χ4n) is 6.67. The molecule has 6 aromatic carbocycles. The third kappa shape index (κ3) is 8.17. The van der Waals surface area contributed by atoms with Gasteiger partial charge in [-0.15, -0.1) is 0 Å². The summed E-state index contributed by atoms with van der Waals surface area (Å²) in [6.07, 6.45) is 1.84. The van der Waals surface area contributed by atoms with Gasteiger partial charge in [0.25, 0.3) is 0 Å². The lowest BCUT2D eigenvalue weighted by Gasteiger charge is -2.26. The molecule has 0 aliphatic rings. The van der Waals surface area contributed by atoms with Crippen molar-refractivity contribution < 1.29 is 22.1 Å². The summed E-state index contributed by atoms with van der Waals surface area (Å²) in [6, 6.07) is 43.7. The van der Waals surface area contributed by atoms with Crippen LogP contribution in [0.3, 0.4) is 0 Å². The third-order valence-corrected chi connectivity index (χ3v) is 13.3. The number of rotatable bonds is 13. The molecule has 0 aromatic heterocycles. The molecule has 0 aliphatic heterocycles. The van der Waals surface area contributed by atoms with Crippen LogP contribution in [0.15, 0.2) is 159 Å². The first-order chi connectivity index (χ1) is 25.4. The molecule has 53 heavy (non-hydrogen) atoms. The topological polar surface area (TPSA) is 69.7 Å². The predicted octanol–water partition coefficient (Wildman–Crippen LogP) is 11.7. The summed E-state index contributed by atoms with van der Waals surface area (Å²) in [4.78, 5) is 1.94. The number of hydrogen-bond donors (Lipinski definition) is 0. The predicted molar refractivity (Wildman–Crippen MR) is 215 cm³/mol. The average Bonchev–Trinajstić information content (AvgIpc) is 3.19. The molecular weight excluding hydrogens is 697 g/mol. The summed E-state index contributed by atoms with van der Waals surface area (Å²) in [6.45, 7) is 10.6. The van der Waals surface area contributed by atoms with E-state index in [1.165, 1.54) is 11.1 Å². The SMILES string of the molecule is CCC(CC)c1cc(S(=O)c2ccc(Oc3ccc(C(C)(C)c4ccc(OC)cc4)cc3)cc2)ccc1-c1ccc(S(=O)(=O)c2ccc(C)cc2)cc1. The highest BCUT2D eigenvalue weighted by Crippen LogP contribution is 2.37. The molecule has 0 radical (unpaired) electrons. The van der Waals surface area contributed by atoms with Crippen molar-refractivity contribution >= 4 is 20.6 Å². The Labute approximate surface area is 317 Å². The molecular formula is C46H46O5S2. The van der Waals surface area contributed by atoms with Crippen LogP contribution < -0.4 is 9.47 Å². The summed E-state index contributed by atoms with van der Waals surface area (Å²) in [5, 5.41) is 0. The van der Waals surface area contributed by atoms with E-state index in [1.807, 2.05) is 91.9 Å². The molecule has 0 spiro atoms. The normalized spacial score (nSPS) is 12.4. The van der Waals surface area contributed by atoms with Crippen LogP contribution in [0.2, 0.25) is 0 Å². The van der Waals surface area contributed by atoms with E-state index in [4.69, 9.17) is 9.47 Å². The Kier molecular flexibility index (Phi) is 11.4. The Morgan fingerprint density at radius 3 is 1.60 bits per heavy atom. The highest BCUT2D eigenvalue weighted by atomic mass is 32.2. The lowest BCUT2D eigenvalue weighted by Crippen LogP contribution is -2.18. The summed E-state index contributed by atoms with van der Waals surface area (Å²) in [7, 11) is -3.37. The second kappa shape index (κ2) is 15.9. The standard InChI is InChI=1S/C46H46O5S2/c1-7-33(8-2)45-31-41(25-30-44(45)34-11-28-43(29-12-34)53(48,49)42-26-9-32(3)10-27-42)52(47)40-23-21-39(22-24-40)51-38-19-15-36(16-20-38)46(4,5)35-13-17-37(50-6)18-14-35/h9-31,33H,7-8H2,1-6H3. The molecule has 0 saturated heterocycles. The highest BCUT2D eigenvalue weighted by molar-refractivity contribution is 7.91. The molecule has 7 heteroatoms. The van der Waals surface area contributed by atoms with Crippen molar-refractivity contribution in [2.45, 2.75) is 78.4 Å². The molecule has 5 nitrogen and oxygen atoms in total. The Bertz CT molecular complexity index is 2290. The van der Waals surface area contributed by atoms with Gasteiger partial charge in [0.15, 0.2) is 0 Å². The monoisotopic (exact) mass is 742 g/mol. The second-order valence-corrected chi connectivity index (χ2v) is 17.3. The van der Waals surface area contributed by atoms with Crippen LogP contribution in [0.25, 0.3) is 11.1 Å². The quantitative estimate of drug-likeness (QED) is 0.118. The van der Waals surface area contributed by atoms with E-state index in [0.717, 1.165) is 51.5 Å². The van der Waals surface area contributed by atoms with Gasteiger partial charge in [0.2, 0.25) is 9.84 Å². The molecule has 6 aromatic rings. The first-order valence-electron chi connectivity index (χ1n) is 18.0. The van der Waals surface area contributed by atoms with Crippen LogP contribution in [-0.2, 0) is 26.1 Å². The van der Waals surface area contributed by atoms with Crippen molar-refractivity contribution in [1.29, 1.82) is 0 Å². The molecule has 6 rings (SSSR count). The van der Waals surface area contributed by atoms with Gasteiger partial charge in [0.05, 0.1) is 27.7 Å². The number of benzene rings is 6. The van der Waals surface area contributed by atoms with Gasteiger partial charge in [-0.2, -0.15) is 0 Å². The van der Waals surface area contributed by atoms with Crippen LogP contribution >= 0.6 is 0 Å². The van der Waals surface area contributed by atoms with Crippen LogP contribution in [-0.4, -0.2) is 19.7 Å². The van der Waals surface area contributed by atoms with E-state index < -0.39 is 20.6 Å².